The molecule has 0 fully saturated rings. The highest BCUT2D eigenvalue weighted by atomic mass is 32.1. The van der Waals surface area contributed by atoms with Crippen molar-refractivity contribution in [3.8, 4) is 16.3 Å². The smallest absolute Gasteiger partial charge is 0.465 e. The lowest BCUT2D eigenvalue weighted by Crippen LogP contribution is -2.17. The van der Waals surface area contributed by atoms with Crippen molar-refractivity contribution in [3.05, 3.63) is 35.3 Å². The number of aromatic nitrogens is 1. The minimum absolute atomic E-state index is 0.157. The average Bonchev–Trinajstić information content (AvgIpc) is 2.86. The van der Waals surface area contributed by atoms with Crippen LogP contribution in [0, 0.1) is 0 Å². The van der Waals surface area contributed by atoms with Crippen LogP contribution in [-0.4, -0.2) is 24.4 Å². The van der Waals surface area contributed by atoms with E-state index in [4.69, 9.17) is 0 Å². The van der Waals surface area contributed by atoms with Gasteiger partial charge in [-0.15, -0.1) is 24.5 Å². The zero-order valence-corrected chi connectivity index (χ0v) is 10.9. The lowest BCUT2D eigenvalue weighted by molar-refractivity contribution is -0.274. The molecule has 0 bridgehead atoms. The molecule has 0 saturated carbocycles. The first-order chi connectivity index (χ1) is 9.40. The summed E-state index contributed by atoms with van der Waals surface area (Å²) >= 11 is 0.926. The van der Waals surface area contributed by atoms with Crippen molar-refractivity contribution in [1.82, 2.24) is 4.98 Å². The quantitative estimate of drug-likeness (QED) is 0.814. The van der Waals surface area contributed by atoms with Gasteiger partial charge in [0.2, 0.25) is 0 Å². The summed E-state index contributed by atoms with van der Waals surface area (Å²) in [5.74, 6) is -0.964. The molecule has 2 rings (SSSR count). The molecule has 0 aliphatic heterocycles. The van der Waals surface area contributed by atoms with E-state index in [1.54, 1.807) is 6.07 Å². The Balaban J connectivity index is 2.38. The second kappa shape index (κ2) is 5.49. The monoisotopic (exact) mass is 303 g/mol. The molecule has 4 nitrogen and oxygen atoms in total. The molecule has 1 aromatic carbocycles. The molecule has 0 aliphatic carbocycles. The van der Waals surface area contributed by atoms with Gasteiger partial charge in [0.1, 0.15) is 15.6 Å². The molecule has 0 radical (unpaired) electrons. The Morgan fingerprint density at radius 1 is 1.30 bits per heavy atom. The number of halogens is 3. The first-order valence-corrected chi connectivity index (χ1v) is 6.11. The first kappa shape index (κ1) is 14.3. The summed E-state index contributed by atoms with van der Waals surface area (Å²) in [5.41, 5.74) is 0.157. The lowest BCUT2D eigenvalue weighted by atomic mass is 10.2. The number of hydrogen-bond donors (Lipinski definition) is 0. The maximum atomic E-state index is 12.3. The van der Waals surface area contributed by atoms with Crippen LogP contribution < -0.4 is 4.74 Å². The van der Waals surface area contributed by atoms with E-state index in [2.05, 4.69) is 14.5 Å². The van der Waals surface area contributed by atoms with Crippen LogP contribution in [0.15, 0.2) is 30.5 Å². The summed E-state index contributed by atoms with van der Waals surface area (Å²) in [6.45, 7) is 0. The van der Waals surface area contributed by atoms with Crippen molar-refractivity contribution < 1.29 is 27.4 Å². The van der Waals surface area contributed by atoms with Gasteiger partial charge in [-0.05, 0) is 12.1 Å². The molecule has 0 aliphatic rings. The van der Waals surface area contributed by atoms with Crippen LogP contribution in [0.3, 0.4) is 0 Å². The number of nitrogens with zero attached hydrogens (tertiary/aromatic N) is 1. The molecule has 2 aromatic rings. The van der Waals surface area contributed by atoms with Gasteiger partial charge in [0.25, 0.3) is 0 Å². The van der Waals surface area contributed by atoms with Crippen LogP contribution in [0.5, 0.6) is 5.75 Å². The number of ether oxygens (including phenoxy) is 2. The molecule has 8 heteroatoms. The number of para-hydroxylation sites is 1. The van der Waals surface area contributed by atoms with Crippen LogP contribution in [0.2, 0.25) is 0 Å². The van der Waals surface area contributed by atoms with Crippen LogP contribution in [0.4, 0.5) is 13.2 Å². The van der Waals surface area contributed by atoms with Gasteiger partial charge in [0, 0.05) is 0 Å². The zero-order valence-electron chi connectivity index (χ0n) is 10.1. The first-order valence-electron chi connectivity index (χ1n) is 5.30. The molecule has 0 unspecified atom stereocenters. The second-order valence-electron chi connectivity index (χ2n) is 3.57. The fourth-order valence-electron chi connectivity index (χ4n) is 1.45. The van der Waals surface area contributed by atoms with Crippen molar-refractivity contribution in [1.29, 1.82) is 0 Å². The fourth-order valence-corrected chi connectivity index (χ4v) is 2.31. The average molecular weight is 303 g/mol. The van der Waals surface area contributed by atoms with Crippen molar-refractivity contribution in [2.24, 2.45) is 0 Å². The molecule has 106 valence electrons. The lowest BCUT2D eigenvalue weighted by Gasteiger charge is -2.11. The SMILES string of the molecule is COC(=O)c1cnc(-c2ccccc2OC(F)(F)F)s1. The second-order valence-corrected chi connectivity index (χ2v) is 4.60. The molecule has 0 atom stereocenters. The van der Waals surface area contributed by atoms with Gasteiger partial charge in [-0.2, -0.15) is 0 Å². The van der Waals surface area contributed by atoms with Crippen LogP contribution in [0.25, 0.3) is 10.6 Å². The van der Waals surface area contributed by atoms with E-state index >= 15 is 0 Å². The summed E-state index contributed by atoms with van der Waals surface area (Å²) < 4.78 is 45.4. The van der Waals surface area contributed by atoms with Crippen molar-refractivity contribution in [2.75, 3.05) is 7.11 Å². The number of benzene rings is 1. The molecule has 0 amide bonds. The number of carbonyl (C=O) groups is 1. The van der Waals surface area contributed by atoms with Crippen molar-refractivity contribution in [2.45, 2.75) is 6.36 Å². The van der Waals surface area contributed by atoms with Gasteiger partial charge in [-0.25, -0.2) is 9.78 Å². The number of hydrogen-bond acceptors (Lipinski definition) is 5. The highest BCUT2D eigenvalue weighted by Crippen LogP contribution is 2.35. The Morgan fingerprint density at radius 2 is 2.00 bits per heavy atom. The number of esters is 1. The predicted octanol–water partition coefficient (Wildman–Crippen LogP) is 3.50. The van der Waals surface area contributed by atoms with E-state index in [9.17, 15) is 18.0 Å². The molecule has 0 spiro atoms. The number of rotatable bonds is 3. The Kier molecular flexibility index (Phi) is 3.93. The summed E-state index contributed by atoms with van der Waals surface area (Å²) in [6, 6.07) is 5.58. The van der Waals surface area contributed by atoms with Gasteiger partial charge in [0.05, 0.1) is 18.9 Å². The Hall–Kier alpha value is -2.09. The van der Waals surface area contributed by atoms with Crippen molar-refractivity contribution in [3.63, 3.8) is 0 Å². The van der Waals surface area contributed by atoms with E-state index in [1.165, 1.54) is 31.5 Å². The standard InChI is InChI=1S/C12H8F3NO3S/c1-18-11(17)9-6-16-10(20-9)7-4-2-3-5-8(7)19-12(13,14)15/h2-6H,1H3. The summed E-state index contributed by atoms with van der Waals surface area (Å²) in [5, 5.41) is 0.241. The van der Waals surface area contributed by atoms with Gasteiger partial charge < -0.3 is 9.47 Å². The fraction of sp³-hybridized carbons (Fsp3) is 0.167. The van der Waals surface area contributed by atoms with E-state index in [1.807, 2.05) is 0 Å². The Bertz CT molecular complexity index is 624. The largest absolute Gasteiger partial charge is 0.573 e. The summed E-state index contributed by atoms with van der Waals surface area (Å²) in [6.07, 6.45) is -3.55. The molecule has 20 heavy (non-hydrogen) atoms. The van der Waals surface area contributed by atoms with Crippen LogP contribution in [0.1, 0.15) is 9.67 Å². The molecule has 0 N–H and O–H groups in total. The maximum absolute atomic E-state index is 12.3. The highest BCUT2D eigenvalue weighted by molar-refractivity contribution is 7.16. The van der Waals surface area contributed by atoms with E-state index in [0.717, 1.165) is 11.3 Å². The molecular formula is C12H8F3NO3S. The van der Waals surface area contributed by atoms with E-state index in [0.29, 0.717) is 0 Å². The van der Waals surface area contributed by atoms with Crippen LogP contribution >= 0.6 is 11.3 Å². The predicted molar refractivity (Wildman–Crippen MR) is 65.6 cm³/mol. The topological polar surface area (TPSA) is 48.4 Å². The van der Waals surface area contributed by atoms with Crippen LogP contribution in [-0.2, 0) is 4.74 Å². The van der Waals surface area contributed by atoms with Gasteiger partial charge >= 0.3 is 12.3 Å². The summed E-state index contributed by atoms with van der Waals surface area (Å²) in [4.78, 5) is 15.4. The van der Waals surface area contributed by atoms with Gasteiger partial charge in [0.15, 0.2) is 0 Å². The van der Waals surface area contributed by atoms with Gasteiger partial charge in [-0.1, -0.05) is 12.1 Å². The molecular weight excluding hydrogens is 295 g/mol. The number of thiazole rings is 1. The third-order valence-corrected chi connectivity index (χ3v) is 3.25. The molecule has 0 saturated heterocycles. The van der Waals surface area contributed by atoms with E-state index in [-0.39, 0.29) is 21.2 Å². The third-order valence-electron chi connectivity index (χ3n) is 2.24. The number of alkyl halides is 3. The molecule has 1 aromatic heterocycles. The number of methoxy groups -OCH3 is 1. The zero-order chi connectivity index (χ0) is 14.8. The normalized spacial score (nSPS) is 11.2. The minimum atomic E-state index is -4.79. The van der Waals surface area contributed by atoms with Gasteiger partial charge in [-0.3, -0.25) is 0 Å². The maximum Gasteiger partial charge on any atom is 0.573 e. The van der Waals surface area contributed by atoms with Crippen molar-refractivity contribution >= 4 is 17.3 Å². The third kappa shape index (κ3) is 3.27. The molecule has 1 heterocycles. The Morgan fingerprint density at radius 3 is 2.65 bits per heavy atom. The number of carbonyl (C=O) groups excluding carboxylic acids is 1. The summed E-state index contributed by atoms with van der Waals surface area (Å²) in [7, 11) is 1.21. The highest BCUT2D eigenvalue weighted by Gasteiger charge is 2.32. The minimum Gasteiger partial charge on any atom is -0.465 e. The van der Waals surface area contributed by atoms with E-state index < -0.39 is 12.3 Å². The Labute approximate surface area is 115 Å².